The maximum atomic E-state index is 5.29. The molecule has 7 heteroatoms. The van der Waals surface area contributed by atoms with E-state index in [0.717, 1.165) is 22.2 Å². The summed E-state index contributed by atoms with van der Waals surface area (Å²) in [6.07, 6.45) is 5.28. The van der Waals surface area contributed by atoms with Gasteiger partial charge in [0, 0.05) is 42.5 Å². The third-order valence-electron chi connectivity index (χ3n) is 3.39. The minimum Gasteiger partial charge on any atom is -0.481 e. The molecule has 0 atom stereocenters. The van der Waals surface area contributed by atoms with Crippen LogP contribution in [0, 0.1) is 0 Å². The SMILES string of the molecule is COc1ccc(CNCc2c[nH]c3ncncc23)c(OC)n1. The van der Waals surface area contributed by atoms with Crippen molar-refractivity contribution in [3.8, 4) is 11.8 Å². The minimum atomic E-state index is 0.536. The van der Waals surface area contributed by atoms with Crippen LogP contribution >= 0.6 is 0 Å². The van der Waals surface area contributed by atoms with Crippen molar-refractivity contribution >= 4 is 11.0 Å². The summed E-state index contributed by atoms with van der Waals surface area (Å²) in [5.74, 6) is 1.10. The highest BCUT2D eigenvalue weighted by molar-refractivity contribution is 5.78. The van der Waals surface area contributed by atoms with Crippen molar-refractivity contribution in [2.75, 3.05) is 14.2 Å². The molecule has 0 spiro atoms. The van der Waals surface area contributed by atoms with Crippen molar-refractivity contribution in [2.24, 2.45) is 0 Å². The van der Waals surface area contributed by atoms with Crippen molar-refractivity contribution in [2.45, 2.75) is 13.1 Å². The van der Waals surface area contributed by atoms with Crippen molar-refractivity contribution in [3.63, 3.8) is 0 Å². The molecule has 7 nitrogen and oxygen atoms in total. The molecule has 0 aliphatic rings. The molecule has 0 bridgehead atoms. The summed E-state index contributed by atoms with van der Waals surface area (Å²) in [5, 5.41) is 4.40. The minimum absolute atomic E-state index is 0.536. The number of nitrogens with one attached hydrogen (secondary N) is 2. The lowest BCUT2D eigenvalue weighted by atomic mass is 10.2. The smallest absolute Gasteiger partial charge is 0.220 e. The van der Waals surface area contributed by atoms with Crippen LogP contribution in [0.25, 0.3) is 11.0 Å². The maximum Gasteiger partial charge on any atom is 0.220 e. The third kappa shape index (κ3) is 2.84. The second kappa shape index (κ2) is 6.40. The number of hydrogen-bond donors (Lipinski definition) is 2. The van der Waals surface area contributed by atoms with Gasteiger partial charge in [0.1, 0.15) is 12.0 Å². The lowest BCUT2D eigenvalue weighted by Crippen LogP contribution is -2.13. The van der Waals surface area contributed by atoms with Crippen LogP contribution in [0.5, 0.6) is 11.8 Å². The third-order valence-corrected chi connectivity index (χ3v) is 3.39. The molecular weight excluding hydrogens is 282 g/mol. The maximum absolute atomic E-state index is 5.29. The van der Waals surface area contributed by atoms with Crippen LogP contribution in [0.1, 0.15) is 11.1 Å². The zero-order chi connectivity index (χ0) is 15.4. The molecule has 0 aliphatic heterocycles. The quantitative estimate of drug-likeness (QED) is 0.720. The number of aromatic amines is 1. The molecule has 2 N–H and O–H groups in total. The summed E-state index contributed by atoms with van der Waals surface area (Å²) in [7, 11) is 3.18. The first-order valence-electron chi connectivity index (χ1n) is 6.86. The Labute approximate surface area is 127 Å². The van der Waals surface area contributed by atoms with Crippen LogP contribution in [-0.2, 0) is 13.1 Å². The van der Waals surface area contributed by atoms with Gasteiger partial charge in [-0.2, -0.15) is 4.98 Å². The molecule has 3 heterocycles. The van der Waals surface area contributed by atoms with Gasteiger partial charge in [0.2, 0.25) is 11.8 Å². The lowest BCUT2D eigenvalue weighted by Gasteiger charge is -2.09. The fourth-order valence-electron chi connectivity index (χ4n) is 2.27. The van der Waals surface area contributed by atoms with E-state index >= 15 is 0 Å². The number of H-pyrrole nitrogens is 1. The summed E-state index contributed by atoms with van der Waals surface area (Å²) in [5.41, 5.74) is 2.94. The molecule has 0 saturated carbocycles. The number of hydrogen-bond acceptors (Lipinski definition) is 6. The summed E-state index contributed by atoms with van der Waals surface area (Å²) >= 11 is 0. The average Bonchev–Trinajstić information content (AvgIpc) is 2.98. The summed E-state index contributed by atoms with van der Waals surface area (Å²) in [4.78, 5) is 15.6. The lowest BCUT2D eigenvalue weighted by molar-refractivity contribution is 0.360. The van der Waals surface area contributed by atoms with Crippen molar-refractivity contribution in [1.29, 1.82) is 0 Å². The molecule has 0 amide bonds. The van der Waals surface area contributed by atoms with Gasteiger partial charge >= 0.3 is 0 Å². The van der Waals surface area contributed by atoms with E-state index in [1.54, 1.807) is 14.2 Å². The zero-order valence-corrected chi connectivity index (χ0v) is 12.5. The molecule has 114 valence electrons. The Morgan fingerprint density at radius 2 is 2.00 bits per heavy atom. The molecule has 0 saturated heterocycles. The van der Waals surface area contributed by atoms with Gasteiger partial charge in [0.05, 0.1) is 14.2 Å². The normalized spacial score (nSPS) is 10.8. The highest BCUT2D eigenvalue weighted by Crippen LogP contribution is 2.20. The Balaban J connectivity index is 1.68. The van der Waals surface area contributed by atoms with Gasteiger partial charge in [-0.3, -0.25) is 0 Å². The van der Waals surface area contributed by atoms with Crippen LogP contribution in [0.3, 0.4) is 0 Å². The summed E-state index contributed by atoms with van der Waals surface area (Å²) in [6, 6.07) is 3.76. The van der Waals surface area contributed by atoms with Crippen LogP contribution < -0.4 is 14.8 Å². The highest BCUT2D eigenvalue weighted by Gasteiger charge is 2.08. The van der Waals surface area contributed by atoms with E-state index in [0.29, 0.717) is 24.8 Å². The molecule has 0 aromatic carbocycles. The largest absolute Gasteiger partial charge is 0.481 e. The first kappa shape index (κ1) is 14.3. The Hall–Kier alpha value is -2.67. The summed E-state index contributed by atoms with van der Waals surface area (Å²) < 4.78 is 10.4. The number of methoxy groups -OCH3 is 2. The Bertz CT molecular complexity index is 771. The second-order valence-corrected chi connectivity index (χ2v) is 4.72. The molecule has 3 rings (SSSR count). The zero-order valence-electron chi connectivity index (χ0n) is 12.5. The monoisotopic (exact) mass is 299 g/mol. The molecule has 3 aromatic rings. The van der Waals surface area contributed by atoms with Gasteiger partial charge in [-0.1, -0.05) is 0 Å². The Kier molecular flexibility index (Phi) is 4.15. The number of nitrogens with zero attached hydrogens (tertiary/aromatic N) is 3. The van der Waals surface area contributed by atoms with Gasteiger partial charge in [-0.15, -0.1) is 0 Å². The second-order valence-electron chi connectivity index (χ2n) is 4.72. The van der Waals surface area contributed by atoms with Gasteiger partial charge in [-0.05, 0) is 11.6 Å². The molecular formula is C15H17N5O2. The average molecular weight is 299 g/mol. The number of ether oxygens (including phenoxy) is 2. The van der Waals surface area contributed by atoms with Gasteiger partial charge in [0.15, 0.2) is 0 Å². The number of pyridine rings is 1. The molecule has 0 aliphatic carbocycles. The van der Waals surface area contributed by atoms with E-state index in [2.05, 4.69) is 25.3 Å². The molecule has 22 heavy (non-hydrogen) atoms. The van der Waals surface area contributed by atoms with Gasteiger partial charge in [0.25, 0.3) is 0 Å². The first-order chi connectivity index (χ1) is 10.8. The van der Waals surface area contributed by atoms with E-state index in [9.17, 15) is 0 Å². The van der Waals surface area contributed by atoms with E-state index in [4.69, 9.17) is 9.47 Å². The van der Waals surface area contributed by atoms with Crippen LogP contribution in [0.2, 0.25) is 0 Å². The highest BCUT2D eigenvalue weighted by atomic mass is 16.5. The fourth-order valence-corrected chi connectivity index (χ4v) is 2.27. The van der Waals surface area contributed by atoms with Crippen LogP contribution in [0.15, 0.2) is 30.9 Å². The number of aromatic nitrogens is 4. The van der Waals surface area contributed by atoms with Crippen molar-refractivity contribution in [1.82, 2.24) is 25.3 Å². The van der Waals surface area contributed by atoms with Crippen LogP contribution in [-0.4, -0.2) is 34.2 Å². The van der Waals surface area contributed by atoms with Crippen molar-refractivity contribution in [3.05, 3.63) is 42.0 Å². The number of fused-ring (bicyclic) bond motifs is 1. The first-order valence-corrected chi connectivity index (χ1v) is 6.86. The predicted octanol–water partition coefficient (Wildman–Crippen LogP) is 1.66. The molecule has 0 unspecified atom stereocenters. The standard InChI is InChI=1S/C15H17N5O2/c1-21-13-4-3-10(15(20-13)22-2)5-16-6-11-7-18-14-12(11)8-17-9-19-14/h3-4,7-9,16H,5-6H2,1-2H3,(H,17,18,19). The fraction of sp³-hybridized carbons (Fsp3) is 0.267. The molecule has 0 radical (unpaired) electrons. The molecule has 0 fully saturated rings. The Morgan fingerprint density at radius 3 is 2.82 bits per heavy atom. The number of rotatable bonds is 6. The summed E-state index contributed by atoms with van der Waals surface area (Å²) in [6.45, 7) is 1.34. The molecule has 3 aromatic heterocycles. The van der Waals surface area contributed by atoms with Gasteiger partial charge < -0.3 is 19.8 Å². The van der Waals surface area contributed by atoms with Gasteiger partial charge in [-0.25, -0.2) is 9.97 Å². The topological polar surface area (TPSA) is 85.0 Å². The predicted molar refractivity (Wildman–Crippen MR) is 81.8 cm³/mol. The van der Waals surface area contributed by atoms with Crippen molar-refractivity contribution < 1.29 is 9.47 Å². The van der Waals surface area contributed by atoms with Crippen LogP contribution in [0.4, 0.5) is 0 Å². The Morgan fingerprint density at radius 1 is 1.14 bits per heavy atom. The van der Waals surface area contributed by atoms with E-state index < -0.39 is 0 Å². The van der Waals surface area contributed by atoms with E-state index in [1.165, 1.54) is 6.33 Å². The van der Waals surface area contributed by atoms with E-state index in [1.807, 2.05) is 24.5 Å². The van der Waals surface area contributed by atoms with E-state index in [-0.39, 0.29) is 0 Å².